The molecule has 0 radical (unpaired) electrons. The molecular weight excluding hydrogens is 322 g/mol. The van der Waals surface area contributed by atoms with Crippen LogP contribution in [0.5, 0.6) is 5.75 Å². The molecule has 7 nitrogen and oxygen atoms in total. The molecule has 1 aliphatic rings. The number of carbonyl (C=O) groups excluding carboxylic acids is 1. The Bertz CT molecular complexity index is 689. The molecule has 2 atom stereocenters. The average Bonchev–Trinajstić information content (AvgIpc) is 3.20. The summed E-state index contributed by atoms with van der Waals surface area (Å²) >= 11 is 0. The molecule has 0 unspecified atom stereocenters. The van der Waals surface area contributed by atoms with E-state index in [0.29, 0.717) is 19.0 Å². The van der Waals surface area contributed by atoms with Gasteiger partial charge in [-0.25, -0.2) is 0 Å². The fraction of sp³-hybridized carbons (Fsp3) is 0.500. The largest absolute Gasteiger partial charge is 0.497 e. The van der Waals surface area contributed by atoms with Crippen molar-refractivity contribution in [2.24, 2.45) is 0 Å². The molecule has 2 aromatic rings. The van der Waals surface area contributed by atoms with Crippen LogP contribution in [0.2, 0.25) is 0 Å². The van der Waals surface area contributed by atoms with Gasteiger partial charge in [0.05, 0.1) is 19.8 Å². The predicted octanol–water partition coefficient (Wildman–Crippen LogP) is 2.74. The lowest BCUT2D eigenvalue weighted by Crippen LogP contribution is -2.44. The molecule has 1 aromatic carbocycles. The van der Waals surface area contributed by atoms with Crippen molar-refractivity contribution in [3.05, 3.63) is 42.0 Å². The van der Waals surface area contributed by atoms with Crippen molar-refractivity contribution in [2.75, 3.05) is 13.7 Å². The van der Waals surface area contributed by atoms with E-state index in [1.165, 1.54) is 6.39 Å². The van der Waals surface area contributed by atoms with Gasteiger partial charge in [-0.05, 0) is 43.9 Å². The quantitative estimate of drug-likeness (QED) is 0.801. The lowest BCUT2D eigenvalue weighted by atomic mass is 10.0. The number of hydrogen-bond donors (Lipinski definition) is 0. The van der Waals surface area contributed by atoms with Gasteiger partial charge in [-0.2, -0.15) is 4.98 Å². The highest BCUT2D eigenvalue weighted by Crippen LogP contribution is 2.29. The highest BCUT2D eigenvalue weighted by atomic mass is 16.5. The van der Waals surface area contributed by atoms with Crippen molar-refractivity contribution < 1.29 is 18.8 Å². The second kappa shape index (κ2) is 8.11. The van der Waals surface area contributed by atoms with Crippen LogP contribution in [-0.4, -0.2) is 40.7 Å². The number of rotatable bonds is 6. The van der Waals surface area contributed by atoms with Gasteiger partial charge in [-0.15, -0.1) is 0 Å². The van der Waals surface area contributed by atoms with Crippen LogP contribution < -0.4 is 4.74 Å². The third-order valence-electron chi connectivity index (χ3n) is 4.44. The van der Waals surface area contributed by atoms with Crippen molar-refractivity contribution in [3.8, 4) is 5.75 Å². The lowest BCUT2D eigenvalue weighted by Gasteiger charge is -2.35. The fourth-order valence-corrected chi connectivity index (χ4v) is 3.08. The Labute approximate surface area is 146 Å². The Morgan fingerprint density at radius 1 is 1.44 bits per heavy atom. The van der Waals surface area contributed by atoms with E-state index in [1.54, 1.807) is 14.0 Å². The zero-order chi connectivity index (χ0) is 17.6. The van der Waals surface area contributed by atoms with E-state index >= 15 is 0 Å². The highest BCUT2D eigenvalue weighted by molar-refractivity contribution is 5.81. The van der Waals surface area contributed by atoms with E-state index in [9.17, 15) is 4.79 Å². The van der Waals surface area contributed by atoms with Gasteiger partial charge < -0.3 is 18.9 Å². The monoisotopic (exact) mass is 345 g/mol. The molecule has 1 amide bonds. The first-order chi connectivity index (χ1) is 12.2. The van der Waals surface area contributed by atoms with Gasteiger partial charge in [0, 0.05) is 6.54 Å². The number of carbonyl (C=O) groups is 1. The number of benzene rings is 1. The van der Waals surface area contributed by atoms with Gasteiger partial charge in [0.1, 0.15) is 11.9 Å². The number of ether oxygens (including phenoxy) is 2. The van der Waals surface area contributed by atoms with E-state index in [-0.39, 0.29) is 11.9 Å². The summed E-state index contributed by atoms with van der Waals surface area (Å²) in [5, 5.41) is 3.91. The standard InChI is InChI=1S/C18H23N3O4/c1-13(24-11-14-6-5-7-15(10-14)23-2)18(22)21-9-4-3-8-16(21)17-19-12-25-20-17/h5-7,10,12-13,16H,3-4,8-9,11H2,1-2H3/t13-,16-/m0/s1. The summed E-state index contributed by atoms with van der Waals surface area (Å²) in [7, 11) is 1.63. The second-order valence-corrected chi connectivity index (χ2v) is 6.14. The van der Waals surface area contributed by atoms with E-state index in [0.717, 1.165) is 30.6 Å². The summed E-state index contributed by atoms with van der Waals surface area (Å²) in [6.45, 7) is 2.82. The minimum atomic E-state index is -0.543. The minimum absolute atomic E-state index is 0.0441. The van der Waals surface area contributed by atoms with E-state index in [1.807, 2.05) is 29.2 Å². The Morgan fingerprint density at radius 3 is 3.08 bits per heavy atom. The summed E-state index contributed by atoms with van der Waals surface area (Å²) in [6.07, 6.45) is 3.62. The summed E-state index contributed by atoms with van der Waals surface area (Å²) in [6, 6.07) is 7.49. The molecule has 0 aliphatic carbocycles. The van der Waals surface area contributed by atoms with Crippen LogP contribution in [0.25, 0.3) is 0 Å². The first-order valence-corrected chi connectivity index (χ1v) is 8.50. The van der Waals surface area contributed by atoms with Crippen molar-refractivity contribution in [3.63, 3.8) is 0 Å². The topological polar surface area (TPSA) is 77.7 Å². The smallest absolute Gasteiger partial charge is 0.252 e. The molecule has 134 valence electrons. The van der Waals surface area contributed by atoms with Gasteiger partial charge >= 0.3 is 0 Å². The molecule has 1 aromatic heterocycles. The first-order valence-electron chi connectivity index (χ1n) is 8.50. The number of likely N-dealkylation sites (tertiary alicyclic amines) is 1. The molecule has 25 heavy (non-hydrogen) atoms. The van der Waals surface area contributed by atoms with Crippen molar-refractivity contribution in [1.82, 2.24) is 15.0 Å². The zero-order valence-electron chi connectivity index (χ0n) is 14.6. The maximum atomic E-state index is 12.8. The predicted molar refractivity (Wildman–Crippen MR) is 89.8 cm³/mol. The van der Waals surface area contributed by atoms with Gasteiger partial charge in [-0.3, -0.25) is 4.79 Å². The molecule has 3 rings (SSSR count). The number of methoxy groups -OCH3 is 1. The summed E-state index contributed by atoms with van der Waals surface area (Å²) < 4.78 is 15.8. The number of piperidine rings is 1. The van der Waals surface area contributed by atoms with E-state index in [2.05, 4.69) is 10.1 Å². The van der Waals surface area contributed by atoms with Crippen LogP contribution in [0.1, 0.15) is 43.6 Å². The van der Waals surface area contributed by atoms with Crippen molar-refractivity contribution in [2.45, 2.75) is 44.9 Å². The molecule has 1 saturated heterocycles. The zero-order valence-corrected chi connectivity index (χ0v) is 14.6. The second-order valence-electron chi connectivity index (χ2n) is 6.14. The van der Waals surface area contributed by atoms with E-state index in [4.69, 9.17) is 14.0 Å². The third kappa shape index (κ3) is 4.17. The van der Waals surface area contributed by atoms with Crippen LogP contribution in [0.3, 0.4) is 0 Å². The number of hydrogen-bond acceptors (Lipinski definition) is 6. The maximum absolute atomic E-state index is 12.8. The molecule has 1 fully saturated rings. The first kappa shape index (κ1) is 17.4. The van der Waals surface area contributed by atoms with Crippen LogP contribution in [0.15, 0.2) is 35.2 Å². The normalized spacial score (nSPS) is 18.8. The summed E-state index contributed by atoms with van der Waals surface area (Å²) in [4.78, 5) is 18.8. The Morgan fingerprint density at radius 2 is 2.32 bits per heavy atom. The molecule has 7 heteroatoms. The average molecular weight is 345 g/mol. The Balaban J connectivity index is 1.62. The maximum Gasteiger partial charge on any atom is 0.252 e. The lowest BCUT2D eigenvalue weighted by molar-refractivity contribution is -0.147. The van der Waals surface area contributed by atoms with Crippen LogP contribution in [-0.2, 0) is 16.1 Å². The summed E-state index contributed by atoms with van der Waals surface area (Å²) in [5.41, 5.74) is 0.965. The van der Waals surface area contributed by atoms with Crippen LogP contribution >= 0.6 is 0 Å². The van der Waals surface area contributed by atoms with E-state index < -0.39 is 6.10 Å². The molecule has 1 aliphatic heterocycles. The van der Waals surface area contributed by atoms with Crippen molar-refractivity contribution in [1.29, 1.82) is 0 Å². The number of nitrogens with zero attached hydrogens (tertiary/aromatic N) is 3. The molecule has 0 saturated carbocycles. The Kier molecular flexibility index (Phi) is 5.65. The number of amides is 1. The molecule has 0 spiro atoms. The van der Waals surface area contributed by atoms with Gasteiger partial charge in [-0.1, -0.05) is 17.3 Å². The minimum Gasteiger partial charge on any atom is -0.497 e. The number of aromatic nitrogens is 2. The van der Waals surface area contributed by atoms with Crippen LogP contribution in [0, 0.1) is 0 Å². The fourth-order valence-electron chi connectivity index (χ4n) is 3.08. The SMILES string of the molecule is COc1cccc(CO[C@@H](C)C(=O)N2CCCC[C@H]2c2ncon2)c1. The molecule has 2 heterocycles. The third-order valence-corrected chi connectivity index (χ3v) is 4.44. The summed E-state index contributed by atoms with van der Waals surface area (Å²) in [5.74, 6) is 1.29. The van der Waals surface area contributed by atoms with Gasteiger partial charge in [0.25, 0.3) is 5.91 Å². The van der Waals surface area contributed by atoms with Crippen molar-refractivity contribution >= 4 is 5.91 Å². The molecule has 0 bridgehead atoms. The molecule has 0 N–H and O–H groups in total. The Hall–Kier alpha value is -2.41. The molecular formula is C18H23N3O4. The van der Waals surface area contributed by atoms with Gasteiger partial charge in [0.15, 0.2) is 5.82 Å². The van der Waals surface area contributed by atoms with Crippen LogP contribution in [0.4, 0.5) is 0 Å². The van der Waals surface area contributed by atoms with Gasteiger partial charge in [0.2, 0.25) is 6.39 Å². The highest BCUT2D eigenvalue weighted by Gasteiger charge is 2.33.